The van der Waals surface area contributed by atoms with Crippen LogP contribution in [0.15, 0.2) is 53.9 Å². The first-order valence-electron chi connectivity index (χ1n) is 8.67. The number of nitrogens with one attached hydrogen (secondary N) is 1. The molecule has 1 heterocycles. The van der Waals surface area contributed by atoms with Crippen molar-refractivity contribution in [3.8, 4) is 16.3 Å². The Morgan fingerprint density at radius 3 is 2.74 bits per heavy atom. The molecule has 0 saturated carbocycles. The summed E-state index contributed by atoms with van der Waals surface area (Å²) in [6.07, 6.45) is 0. The highest BCUT2D eigenvalue weighted by Crippen LogP contribution is 2.27. The maximum absolute atomic E-state index is 12.2. The highest BCUT2D eigenvalue weighted by molar-refractivity contribution is 7.13. The molecular weight excluding hydrogens is 358 g/mol. The summed E-state index contributed by atoms with van der Waals surface area (Å²) < 4.78 is 5.27. The first-order valence-corrected chi connectivity index (χ1v) is 9.55. The molecule has 0 fully saturated rings. The number of carbonyl (C=O) groups excluding carboxylic acids is 1. The summed E-state index contributed by atoms with van der Waals surface area (Å²) >= 11 is 1.59. The van der Waals surface area contributed by atoms with Gasteiger partial charge in [-0.3, -0.25) is 9.69 Å². The lowest BCUT2D eigenvalue weighted by atomic mass is 10.2. The van der Waals surface area contributed by atoms with Gasteiger partial charge in [-0.15, -0.1) is 11.3 Å². The van der Waals surface area contributed by atoms with E-state index in [2.05, 4.69) is 10.3 Å². The molecule has 1 N–H and O–H groups in total. The first-order chi connectivity index (χ1) is 13.0. The lowest BCUT2D eigenvalue weighted by molar-refractivity contribution is -0.117. The number of rotatable bonds is 7. The lowest BCUT2D eigenvalue weighted by Crippen LogP contribution is -2.29. The predicted octanol–water partition coefficient (Wildman–Crippen LogP) is 4.20. The Labute approximate surface area is 163 Å². The van der Waals surface area contributed by atoms with Crippen molar-refractivity contribution in [2.45, 2.75) is 13.5 Å². The SMILES string of the molecule is COc1cccc(-c2nc(CN(C)CC(=O)Nc3ccc(C)cc3)cs2)c1. The number of amides is 1. The van der Waals surface area contributed by atoms with Gasteiger partial charge in [0.05, 0.1) is 19.3 Å². The van der Waals surface area contributed by atoms with Crippen molar-refractivity contribution in [3.05, 3.63) is 65.2 Å². The van der Waals surface area contributed by atoms with Crippen molar-refractivity contribution >= 4 is 22.9 Å². The summed E-state index contributed by atoms with van der Waals surface area (Å²) in [4.78, 5) is 18.8. The largest absolute Gasteiger partial charge is 0.497 e. The Hall–Kier alpha value is -2.70. The van der Waals surface area contributed by atoms with E-state index in [1.165, 1.54) is 5.56 Å². The second kappa shape index (κ2) is 8.79. The van der Waals surface area contributed by atoms with Crippen LogP contribution in [0.3, 0.4) is 0 Å². The van der Waals surface area contributed by atoms with Gasteiger partial charge in [-0.1, -0.05) is 29.8 Å². The van der Waals surface area contributed by atoms with Gasteiger partial charge in [0.1, 0.15) is 10.8 Å². The van der Waals surface area contributed by atoms with E-state index in [1.807, 2.05) is 72.8 Å². The predicted molar refractivity (Wildman–Crippen MR) is 110 cm³/mol. The molecule has 140 valence electrons. The number of ether oxygens (including phenoxy) is 1. The van der Waals surface area contributed by atoms with Crippen LogP contribution >= 0.6 is 11.3 Å². The van der Waals surface area contributed by atoms with E-state index in [-0.39, 0.29) is 5.91 Å². The molecule has 3 rings (SSSR count). The van der Waals surface area contributed by atoms with Crippen LogP contribution in [-0.2, 0) is 11.3 Å². The third-order valence-electron chi connectivity index (χ3n) is 4.05. The molecule has 0 spiro atoms. The van der Waals surface area contributed by atoms with Gasteiger partial charge < -0.3 is 10.1 Å². The Morgan fingerprint density at radius 2 is 2.00 bits per heavy atom. The van der Waals surface area contributed by atoms with Gasteiger partial charge in [0.2, 0.25) is 5.91 Å². The molecule has 0 radical (unpaired) electrons. The van der Waals surface area contributed by atoms with Gasteiger partial charge in [0.15, 0.2) is 0 Å². The highest BCUT2D eigenvalue weighted by atomic mass is 32.1. The van der Waals surface area contributed by atoms with E-state index in [0.29, 0.717) is 13.1 Å². The molecule has 5 nitrogen and oxygen atoms in total. The van der Waals surface area contributed by atoms with Crippen LogP contribution in [0.4, 0.5) is 5.69 Å². The topological polar surface area (TPSA) is 54.5 Å². The van der Waals surface area contributed by atoms with E-state index < -0.39 is 0 Å². The summed E-state index contributed by atoms with van der Waals surface area (Å²) in [6, 6.07) is 15.6. The minimum atomic E-state index is -0.0374. The molecule has 0 bridgehead atoms. The van der Waals surface area contributed by atoms with Gasteiger partial charge >= 0.3 is 0 Å². The molecule has 3 aromatic rings. The van der Waals surface area contributed by atoms with E-state index >= 15 is 0 Å². The molecule has 1 aromatic heterocycles. The second-order valence-electron chi connectivity index (χ2n) is 6.46. The maximum atomic E-state index is 12.2. The minimum Gasteiger partial charge on any atom is -0.497 e. The van der Waals surface area contributed by atoms with Gasteiger partial charge in [-0.2, -0.15) is 0 Å². The van der Waals surface area contributed by atoms with Crippen molar-refractivity contribution in [2.75, 3.05) is 26.0 Å². The summed E-state index contributed by atoms with van der Waals surface area (Å²) in [6.45, 7) is 2.94. The minimum absolute atomic E-state index is 0.0374. The fraction of sp³-hybridized carbons (Fsp3) is 0.238. The van der Waals surface area contributed by atoms with Crippen molar-refractivity contribution in [3.63, 3.8) is 0 Å². The van der Waals surface area contributed by atoms with Crippen LogP contribution in [0.2, 0.25) is 0 Å². The highest BCUT2D eigenvalue weighted by Gasteiger charge is 2.11. The summed E-state index contributed by atoms with van der Waals surface area (Å²) in [5.41, 5.74) is 3.96. The number of anilines is 1. The number of carbonyl (C=O) groups is 1. The Balaban J connectivity index is 1.56. The summed E-state index contributed by atoms with van der Waals surface area (Å²) in [5, 5.41) is 5.89. The van der Waals surface area contributed by atoms with Gasteiger partial charge in [0.25, 0.3) is 0 Å². The zero-order valence-corrected chi connectivity index (χ0v) is 16.5. The van der Waals surface area contributed by atoms with Gasteiger partial charge in [-0.05, 0) is 38.2 Å². The number of thiazole rings is 1. The van der Waals surface area contributed by atoms with Crippen molar-refractivity contribution in [2.24, 2.45) is 0 Å². The van der Waals surface area contributed by atoms with E-state index in [9.17, 15) is 4.79 Å². The molecular formula is C21H23N3O2S. The number of likely N-dealkylation sites (N-methyl/N-ethyl adjacent to an activating group) is 1. The van der Waals surface area contributed by atoms with E-state index in [1.54, 1.807) is 18.4 Å². The Morgan fingerprint density at radius 1 is 1.22 bits per heavy atom. The lowest BCUT2D eigenvalue weighted by Gasteiger charge is -2.15. The molecule has 0 aliphatic heterocycles. The van der Waals surface area contributed by atoms with Crippen LogP contribution in [0.5, 0.6) is 5.75 Å². The monoisotopic (exact) mass is 381 g/mol. The smallest absolute Gasteiger partial charge is 0.238 e. The zero-order valence-electron chi connectivity index (χ0n) is 15.7. The molecule has 0 aliphatic carbocycles. The Kier molecular flexibility index (Phi) is 6.21. The molecule has 2 aromatic carbocycles. The Bertz CT molecular complexity index is 906. The summed E-state index contributed by atoms with van der Waals surface area (Å²) in [5.74, 6) is 0.777. The van der Waals surface area contributed by atoms with Crippen LogP contribution in [-0.4, -0.2) is 36.5 Å². The quantitative estimate of drug-likeness (QED) is 0.666. The third-order valence-corrected chi connectivity index (χ3v) is 4.99. The number of aromatic nitrogens is 1. The van der Waals surface area contributed by atoms with Crippen molar-refractivity contribution in [1.82, 2.24) is 9.88 Å². The molecule has 0 atom stereocenters. The number of hydrogen-bond donors (Lipinski definition) is 1. The number of nitrogens with zero attached hydrogens (tertiary/aromatic N) is 2. The number of aryl methyl sites for hydroxylation is 1. The number of methoxy groups -OCH3 is 1. The van der Waals surface area contributed by atoms with Crippen molar-refractivity contribution < 1.29 is 9.53 Å². The third kappa shape index (κ3) is 5.39. The molecule has 0 aliphatic rings. The average molecular weight is 382 g/mol. The molecule has 0 unspecified atom stereocenters. The molecule has 6 heteroatoms. The van der Waals surface area contributed by atoms with Crippen LogP contribution in [0.1, 0.15) is 11.3 Å². The average Bonchev–Trinajstić information content (AvgIpc) is 3.12. The zero-order chi connectivity index (χ0) is 19.2. The summed E-state index contributed by atoms with van der Waals surface area (Å²) in [7, 11) is 3.57. The fourth-order valence-electron chi connectivity index (χ4n) is 2.68. The first kappa shape index (κ1) is 19.1. The van der Waals surface area contributed by atoms with Gasteiger partial charge in [-0.25, -0.2) is 4.98 Å². The van der Waals surface area contributed by atoms with Crippen molar-refractivity contribution in [1.29, 1.82) is 0 Å². The maximum Gasteiger partial charge on any atom is 0.238 e. The molecule has 1 amide bonds. The molecule has 0 saturated heterocycles. The normalized spacial score (nSPS) is 10.8. The number of benzene rings is 2. The van der Waals surface area contributed by atoms with Crippen LogP contribution < -0.4 is 10.1 Å². The van der Waals surface area contributed by atoms with Crippen LogP contribution in [0.25, 0.3) is 10.6 Å². The standard InChI is InChI=1S/C21H23N3O2S/c1-15-7-9-17(10-8-15)22-20(25)13-24(2)12-18-14-27-21(23-18)16-5-4-6-19(11-16)26-3/h4-11,14H,12-13H2,1-3H3,(H,22,25). The van der Waals surface area contributed by atoms with E-state index in [4.69, 9.17) is 4.74 Å². The second-order valence-corrected chi connectivity index (χ2v) is 7.32. The van der Waals surface area contributed by atoms with E-state index in [0.717, 1.165) is 27.7 Å². The fourth-order valence-corrected chi connectivity index (χ4v) is 3.49. The number of hydrogen-bond acceptors (Lipinski definition) is 5. The molecule has 27 heavy (non-hydrogen) atoms. The van der Waals surface area contributed by atoms with Crippen LogP contribution in [0, 0.1) is 6.92 Å². The van der Waals surface area contributed by atoms with Gasteiger partial charge in [0, 0.05) is 23.2 Å².